The highest BCUT2D eigenvalue weighted by molar-refractivity contribution is 7.89. The topological polar surface area (TPSA) is 93.2 Å². The zero-order valence-corrected chi connectivity index (χ0v) is 19.6. The molecule has 2 heterocycles. The number of hydrogen-bond donors (Lipinski definition) is 0. The molecule has 0 bridgehead atoms. The van der Waals surface area contributed by atoms with Crippen molar-refractivity contribution in [2.24, 2.45) is 5.92 Å². The minimum atomic E-state index is -3.75. The van der Waals surface area contributed by atoms with E-state index in [2.05, 4.69) is 0 Å². The van der Waals surface area contributed by atoms with Gasteiger partial charge in [-0.15, -0.1) is 0 Å². The largest absolute Gasteiger partial charge is 0.467 e. The fraction of sp³-hybridized carbons (Fsp3) is 0.652. The maximum atomic E-state index is 13.7. The molecule has 0 aromatic heterocycles. The number of sulfonamides is 1. The monoisotopic (exact) mass is 464 g/mol. The molecule has 8 nitrogen and oxygen atoms in total. The van der Waals surface area contributed by atoms with Crippen molar-refractivity contribution in [1.82, 2.24) is 9.21 Å². The Hall–Kier alpha value is -1.97. The van der Waals surface area contributed by atoms with Gasteiger partial charge in [-0.1, -0.05) is 25.8 Å². The van der Waals surface area contributed by atoms with Crippen LogP contribution in [0.15, 0.2) is 23.1 Å². The lowest BCUT2D eigenvalue weighted by atomic mass is 9.84. The Morgan fingerprint density at radius 1 is 1.16 bits per heavy atom. The van der Waals surface area contributed by atoms with E-state index in [-0.39, 0.29) is 22.8 Å². The summed E-state index contributed by atoms with van der Waals surface area (Å²) in [5.74, 6) is -0.418. The van der Waals surface area contributed by atoms with Crippen LogP contribution in [0.5, 0.6) is 0 Å². The molecular formula is C23H32N2O6S. The average Bonchev–Trinajstić information content (AvgIpc) is 3.22. The summed E-state index contributed by atoms with van der Waals surface area (Å²) in [7, 11) is -2.41. The number of nitrogens with zero attached hydrogens (tertiary/aromatic N) is 2. The second kappa shape index (κ2) is 9.49. The summed E-state index contributed by atoms with van der Waals surface area (Å²) in [6.45, 7) is 3.21. The van der Waals surface area contributed by atoms with Crippen molar-refractivity contribution in [3.8, 4) is 0 Å². The number of hydrogen-bond acceptors (Lipinski definition) is 6. The van der Waals surface area contributed by atoms with Crippen LogP contribution in [0.3, 0.4) is 0 Å². The number of carbonyl (C=O) groups is 2. The van der Waals surface area contributed by atoms with E-state index in [1.165, 1.54) is 17.5 Å². The summed E-state index contributed by atoms with van der Waals surface area (Å²) in [6.07, 6.45) is 5.11. The van der Waals surface area contributed by atoms with Gasteiger partial charge in [0, 0.05) is 24.7 Å². The number of fused-ring (bicyclic) bond motifs is 1. The second-order valence-corrected chi connectivity index (χ2v) is 10.7. The second-order valence-electron chi connectivity index (χ2n) is 8.79. The van der Waals surface area contributed by atoms with E-state index >= 15 is 0 Å². The Morgan fingerprint density at radius 2 is 1.88 bits per heavy atom. The van der Waals surface area contributed by atoms with Crippen LogP contribution in [0.1, 0.15) is 54.9 Å². The van der Waals surface area contributed by atoms with Crippen LogP contribution in [0.4, 0.5) is 0 Å². The zero-order chi connectivity index (χ0) is 22.9. The molecule has 3 unspecified atom stereocenters. The summed E-state index contributed by atoms with van der Waals surface area (Å²) in [4.78, 5) is 28.0. The third kappa shape index (κ3) is 4.18. The first kappa shape index (κ1) is 23.2. The minimum Gasteiger partial charge on any atom is -0.467 e. The third-order valence-electron chi connectivity index (χ3n) is 7.08. The summed E-state index contributed by atoms with van der Waals surface area (Å²) >= 11 is 0. The van der Waals surface area contributed by atoms with Gasteiger partial charge in [-0.25, -0.2) is 13.2 Å². The first-order valence-corrected chi connectivity index (χ1v) is 12.9. The predicted octanol–water partition coefficient (Wildman–Crippen LogP) is 2.22. The Kier molecular flexibility index (Phi) is 6.88. The Morgan fingerprint density at radius 3 is 2.56 bits per heavy atom. The summed E-state index contributed by atoms with van der Waals surface area (Å²) in [5, 5.41) is 0. The molecule has 1 aliphatic carbocycles. The van der Waals surface area contributed by atoms with E-state index in [0.717, 1.165) is 25.7 Å². The number of esters is 1. The number of likely N-dealkylation sites (tertiary alicyclic amines) is 1. The highest BCUT2D eigenvalue weighted by Gasteiger charge is 2.48. The van der Waals surface area contributed by atoms with Gasteiger partial charge in [0.25, 0.3) is 5.91 Å². The lowest BCUT2D eigenvalue weighted by Crippen LogP contribution is -2.46. The van der Waals surface area contributed by atoms with Gasteiger partial charge in [-0.3, -0.25) is 4.79 Å². The van der Waals surface area contributed by atoms with E-state index in [0.29, 0.717) is 50.3 Å². The van der Waals surface area contributed by atoms with Crippen molar-refractivity contribution in [3.05, 3.63) is 29.3 Å². The molecule has 0 radical (unpaired) electrons. The normalized spacial score (nSPS) is 26.6. The van der Waals surface area contributed by atoms with E-state index in [1.807, 2.05) is 6.92 Å². The van der Waals surface area contributed by atoms with Gasteiger partial charge in [0.1, 0.15) is 6.04 Å². The number of carbonyl (C=O) groups excluding carboxylic acids is 2. The van der Waals surface area contributed by atoms with Crippen LogP contribution in [0, 0.1) is 5.92 Å². The molecule has 1 amide bonds. The van der Waals surface area contributed by atoms with Crippen molar-refractivity contribution in [2.45, 2.75) is 62.4 Å². The van der Waals surface area contributed by atoms with E-state index < -0.39 is 22.0 Å². The number of morpholine rings is 1. The lowest BCUT2D eigenvalue weighted by molar-refractivity contribution is -0.145. The summed E-state index contributed by atoms with van der Waals surface area (Å²) in [6, 6.07) is 4.28. The minimum absolute atomic E-state index is 0.00879. The van der Waals surface area contributed by atoms with E-state index in [1.54, 1.807) is 17.0 Å². The van der Waals surface area contributed by atoms with Crippen LogP contribution >= 0.6 is 0 Å². The smallest absolute Gasteiger partial charge is 0.328 e. The molecule has 9 heteroatoms. The van der Waals surface area contributed by atoms with Crippen molar-refractivity contribution < 1.29 is 27.5 Å². The molecule has 0 N–H and O–H groups in total. The average molecular weight is 465 g/mol. The molecule has 1 saturated carbocycles. The molecule has 3 aliphatic rings. The number of methoxy groups -OCH3 is 1. The Labute approximate surface area is 189 Å². The van der Waals surface area contributed by atoms with Gasteiger partial charge >= 0.3 is 5.97 Å². The van der Waals surface area contributed by atoms with Crippen LogP contribution in [-0.2, 0) is 30.7 Å². The Balaban J connectivity index is 1.70. The number of ether oxygens (including phenoxy) is 2. The molecule has 4 rings (SSSR count). The Bertz CT molecular complexity index is 973. The molecule has 2 aliphatic heterocycles. The summed E-state index contributed by atoms with van der Waals surface area (Å²) in [5.41, 5.74) is 0.976. The van der Waals surface area contributed by atoms with Gasteiger partial charge in [0.05, 0.1) is 25.2 Å². The highest BCUT2D eigenvalue weighted by atomic mass is 32.2. The van der Waals surface area contributed by atoms with Crippen LogP contribution in [-0.4, -0.2) is 75.0 Å². The van der Waals surface area contributed by atoms with Gasteiger partial charge < -0.3 is 14.4 Å². The lowest BCUT2D eigenvalue weighted by Gasteiger charge is -2.33. The van der Waals surface area contributed by atoms with E-state index in [9.17, 15) is 18.0 Å². The van der Waals surface area contributed by atoms with Crippen molar-refractivity contribution >= 4 is 21.9 Å². The third-order valence-corrected chi connectivity index (χ3v) is 9.06. The van der Waals surface area contributed by atoms with Gasteiger partial charge in [0.2, 0.25) is 10.0 Å². The highest BCUT2D eigenvalue weighted by Crippen LogP contribution is 2.41. The fourth-order valence-corrected chi connectivity index (χ4v) is 7.12. The maximum Gasteiger partial charge on any atom is 0.328 e. The molecule has 3 atom stereocenters. The van der Waals surface area contributed by atoms with Crippen molar-refractivity contribution in [1.29, 1.82) is 0 Å². The molecule has 1 aromatic rings. The molecule has 0 spiro atoms. The van der Waals surface area contributed by atoms with E-state index in [4.69, 9.17) is 9.47 Å². The first-order chi connectivity index (χ1) is 15.4. The van der Waals surface area contributed by atoms with Crippen LogP contribution < -0.4 is 0 Å². The first-order valence-electron chi connectivity index (χ1n) is 11.5. The number of amides is 1. The number of aryl methyl sites for hydroxylation is 1. The van der Waals surface area contributed by atoms with Crippen molar-refractivity contribution in [2.75, 3.05) is 33.4 Å². The fourth-order valence-electron chi connectivity index (χ4n) is 5.39. The molecule has 176 valence electrons. The predicted molar refractivity (Wildman–Crippen MR) is 118 cm³/mol. The SMILES string of the molecule is CCc1ccc(C(=O)N2C(C(=O)OC)CC3CCCCC32)cc1S(=O)(=O)N1CCOCC1. The maximum absolute atomic E-state index is 13.7. The van der Waals surface area contributed by atoms with Gasteiger partial charge in [-0.05, 0) is 49.3 Å². The number of benzene rings is 1. The zero-order valence-electron chi connectivity index (χ0n) is 18.8. The van der Waals surface area contributed by atoms with Crippen molar-refractivity contribution in [3.63, 3.8) is 0 Å². The molecular weight excluding hydrogens is 432 g/mol. The quantitative estimate of drug-likeness (QED) is 0.621. The molecule has 3 fully saturated rings. The molecule has 2 saturated heterocycles. The standard InChI is InChI=1S/C23H32N2O6S/c1-3-16-8-9-18(15-21(16)32(28,29)24-10-12-31-13-11-24)22(26)25-19-7-5-4-6-17(19)14-20(25)23(27)30-2/h8-9,15,17,19-20H,3-7,10-14H2,1-2H3. The van der Waals surface area contributed by atoms with Gasteiger partial charge in [0.15, 0.2) is 0 Å². The van der Waals surface area contributed by atoms with Crippen LogP contribution in [0.25, 0.3) is 0 Å². The molecule has 1 aromatic carbocycles. The van der Waals surface area contributed by atoms with Gasteiger partial charge in [-0.2, -0.15) is 4.31 Å². The van der Waals surface area contributed by atoms with Crippen LogP contribution in [0.2, 0.25) is 0 Å². The summed E-state index contributed by atoms with van der Waals surface area (Å²) < 4.78 is 38.5. The molecule has 32 heavy (non-hydrogen) atoms. The number of rotatable bonds is 5.